The van der Waals surface area contributed by atoms with Crippen molar-refractivity contribution in [1.29, 1.82) is 0 Å². The number of hydrogen-bond donors (Lipinski definition) is 3. The Morgan fingerprint density at radius 3 is 1.84 bits per heavy atom. The van der Waals surface area contributed by atoms with Gasteiger partial charge in [-0.05, 0) is 19.1 Å². The third-order valence-electron chi connectivity index (χ3n) is 3.18. The van der Waals surface area contributed by atoms with Gasteiger partial charge in [-0.1, -0.05) is 12.1 Å². The summed E-state index contributed by atoms with van der Waals surface area (Å²) in [5, 5.41) is 9.62. The normalized spacial score (nSPS) is 11.2. The van der Waals surface area contributed by atoms with E-state index >= 15 is 0 Å². The Bertz CT molecular complexity index is 582. The standard InChI is InChI=1S/C13H14N4O2/c1-13(12(18)19,8-4-2-6-16-10(8)14)9-5-3-7-17-11(9)15/h2-7H,1H3,(H2,14,16)(H2,15,17)(H,18,19). The molecule has 0 atom stereocenters. The molecule has 0 aromatic carbocycles. The van der Waals surface area contributed by atoms with Gasteiger partial charge in [0.05, 0.1) is 0 Å². The number of carboxylic acid groups (broad SMARTS) is 1. The number of carboxylic acids is 1. The minimum Gasteiger partial charge on any atom is -0.480 e. The first-order valence-electron chi connectivity index (χ1n) is 5.63. The molecule has 2 aromatic rings. The van der Waals surface area contributed by atoms with E-state index in [2.05, 4.69) is 9.97 Å². The number of rotatable bonds is 3. The van der Waals surface area contributed by atoms with Gasteiger partial charge < -0.3 is 16.6 Å². The molecule has 0 amide bonds. The van der Waals surface area contributed by atoms with E-state index in [4.69, 9.17) is 11.5 Å². The molecule has 5 N–H and O–H groups in total. The van der Waals surface area contributed by atoms with Gasteiger partial charge in [0.1, 0.15) is 17.1 Å². The van der Waals surface area contributed by atoms with E-state index < -0.39 is 11.4 Å². The summed E-state index contributed by atoms with van der Waals surface area (Å²) in [5.74, 6) is -0.738. The number of carbonyl (C=O) groups is 1. The zero-order valence-electron chi connectivity index (χ0n) is 10.4. The van der Waals surface area contributed by atoms with Crippen molar-refractivity contribution in [2.45, 2.75) is 12.3 Å². The van der Waals surface area contributed by atoms with Crippen molar-refractivity contribution < 1.29 is 9.90 Å². The molecule has 0 saturated carbocycles. The fourth-order valence-corrected chi connectivity index (χ4v) is 2.06. The summed E-state index contributed by atoms with van der Waals surface area (Å²) in [6.07, 6.45) is 3.02. The molecule has 0 aliphatic heterocycles. The zero-order valence-corrected chi connectivity index (χ0v) is 10.4. The lowest BCUT2D eigenvalue weighted by molar-refractivity contribution is -0.141. The molecule has 2 rings (SSSR count). The van der Waals surface area contributed by atoms with Crippen molar-refractivity contribution in [1.82, 2.24) is 9.97 Å². The molecule has 6 nitrogen and oxygen atoms in total. The van der Waals surface area contributed by atoms with Gasteiger partial charge in [-0.25, -0.2) is 9.97 Å². The van der Waals surface area contributed by atoms with Crippen LogP contribution >= 0.6 is 0 Å². The van der Waals surface area contributed by atoms with Crippen LogP contribution in [0.1, 0.15) is 18.1 Å². The molecule has 0 bridgehead atoms. The molecule has 0 saturated heterocycles. The number of aromatic nitrogens is 2. The molecule has 0 aliphatic carbocycles. The van der Waals surface area contributed by atoms with Gasteiger partial charge in [0, 0.05) is 23.5 Å². The second kappa shape index (κ2) is 4.56. The highest BCUT2D eigenvalue weighted by molar-refractivity contribution is 5.88. The van der Waals surface area contributed by atoms with Gasteiger partial charge >= 0.3 is 5.97 Å². The van der Waals surface area contributed by atoms with Gasteiger partial charge in [-0.15, -0.1) is 0 Å². The number of nitrogen functional groups attached to an aromatic ring is 2. The Hall–Kier alpha value is -2.63. The summed E-state index contributed by atoms with van der Waals surface area (Å²) < 4.78 is 0. The molecule has 6 heteroatoms. The zero-order chi connectivity index (χ0) is 14.0. The average molecular weight is 258 g/mol. The minimum atomic E-state index is -1.39. The van der Waals surface area contributed by atoms with Crippen molar-refractivity contribution in [3.63, 3.8) is 0 Å². The Morgan fingerprint density at radius 1 is 1.11 bits per heavy atom. The summed E-state index contributed by atoms with van der Waals surface area (Å²) in [6.45, 7) is 1.54. The van der Waals surface area contributed by atoms with Crippen LogP contribution < -0.4 is 11.5 Å². The van der Waals surface area contributed by atoms with Gasteiger partial charge in [0.25, 0.3) is 0 Å². The van der Waals surface area contributed by atoms with Crippen molar-refractivity contribution in [3.05, 3.63) is 47.8 Å². The van der Waals surface area contributed by atoms with Crippen molar-refractivity contribution in [3.8, 4) is 0 Å². The number of nitrogens with two attached hydrogens (primary N) is 2. The Labute approximate surface area is 110 Å². The Kier molecular flexibility index (Phi) is 3.08. The van der Waals surface area contributed by atoms with Crippen LogP contribution in [0.3, 0.4) is 0 Å². The molecule has 98 valence electrons. The highest BCUT2D eigenvalue weighted by Crippen LogP contribution is 2.36. The van der Waals surface area contributed by atoms with Gasteiger partial charge in [0.2, 0.25) is 0 Å². The van der Waals surface area contributed by atoms with Crippen LogP contribution in [0.5, 0.6) is 0 Å². The van der Waals surface area contributed by atoms with Crippen LogP contribution in [-0.2, 0) is 10.2 Å². The molecule has 0 radical (unpaired) electrons. The van der Waals surface area contributed by atoms with E-state index in [1.165, 1.54) is 19.3 Å². The molecular weight excluding hydrogens is 244 g/mol. The van der Waals surface area contributed by atoms with E-state index in [0.29, 0.717) is 11.1 Å². The predicted octanol–water partition coefficient (Wildman–Crippen LogP) is 1.03. The van der Waals surface area contributed by atoms with E-state index in [1.54, 1.807) is 24.3 Å². The van der Waals surface area contributed by atoms with Crippen molar-refractivity contribution >= 4 is 17.6 Å². The summed E-state index contributed by atoms with van der Waals surface area (Å²) in [4.78, 5) is 19.6. The lowest BCUT2D eigenvalue weighted by atomic mass is 9.76. The van der Waals surface area contributed by atoms with Crippen molar-refractivity contribution in [2.24, 2.45) is 0 Å². The van der Waals surface area contributed by atoms with Crippen LogP contribution in [0.2, 0.25) is 0 Å². The smallest absolute Gasteiger partial charge is 0.318 e. The summed E-state index contributed by atoms with van der Waals surface area (Å²) in [6, 6.07) is 6.53. The molecule has 0 fully saturated rings. The highest BCUT2D eigenvalue weighted by atomic mass is 16.4. The van der Waals surface area contributed by atoms with Gasteiger partial charge in [-0.2, -0.15) is 0 Å². The average Bonchev–Trinajstić information content (AvgIpc) is 2.38. The first kappa shape index (κ1) is 12.8. The number of aliphatic carboxylic acids is 1. The van der Waals surface area contributed by atoms with E-state index in [1.807, 2.05) is 0 Å². The Morgan fingerprint density at radius 2 is 1.53 bits per heavy atom. The molecular formula is C13H14N4O2. The van der Waals surface area contributed by atoms with Crippen LogP contribution in [-0.4, -0.2) is 21.0 Å². The summed E-state index contributed by atoms with van der Waals surface area (Å²) in [5.41, 5.74) is 11.0. The first-order valence-corrected chi connectivity index (χ1v) is 5.63. The van der Waals surface area contributed by atoms with Gasteiger partial charge in [0.15, 0.2) is 0 Å². The Balaban J connectivity index is 2.73. The molecule has 2 aromatic heterocycles. The maximum absolute atomic E-state index is 11.8. The van der Waals surface area contributed by atoms with E-state index in [-0.39, 0.29) is 11.6 Å². The molecule has 2 heterocycles. The monoisotopic (exact) mass is 258 g/mol. The van der Waals surface area contributed by atoms with E-state index in [9.17, 15) is 9.90 Å². The second-order valence-electron chi connectivity index (χ2n) is 4.30. The highest BCUT2D eigenvalue weighted by Gasteiger charge is 2.40. The van der Waals surface area contributed by atoms with Crippen LogP contribution in [0, 0.1) is 0 Å². The topological polar surface area (TPSA) is 115 Å². The second-order valence-corrected chi connectivity index (χ2v) is 4.30. The van der Waals surface area contributed by atoms with Crippen LogP contribution in [0.25, 0.3) is 0 Å². The minimum absolute atomic E-state index is 0.163. The third-order valence-corrected chi connectivity index (χ3v) is 3.18. The largest absolute Gasteiger partial charge is 0.480 e. The summed E-state index contributed by atoms with van der Waals surface area (Å²) >= 11 is 0. The lowest BCUT2D eigenvalue weighted by Gasteiger charge is -2.27. The van der Waals surface area contributed by atoms with Crippen LogP contribution in [0.4, 0.5) is 11.6 Å². The van der Waals surface area contributed by atoms with Crippen LogP contribution in [0.15, 0.2) is 36.7 Å². The van der Waals surface area contributed by atoms with Gasteiger partial charge in [-0.3, -0.25) is 4.79 Å². The number of pyridine rings is 2. The fraction of sp³-hybridized carbons (Fsp3) is 0.154. The molecule has 0 aliphatic rings. The first-order chi connectivity index (χ1) is 8.98. The van der Waals surface area contributed by atoms with E-state index in [0.717, 1.165) is 0 Å². The summed E-state index contributed by atoms with van der Waals surface area (Å²) in [7, 11) is 0. The molecule has 19 heavy (non-hydrogen) atoms. The lowest BCUT2D eigenvalue weighted by Crippen LogP contribution is -2.35. The number of anilines is 2. The third kappa shape index (κ3) is 1.97. The predicted molar refractivity (Wildman–Crippen MR) is 71.4 cm³/mol. The number of nitrogens with zero attached hydrogens (tertiary/aromatic N) is 2. The number of hydrogen-bond acceptors (Lipinski definition) is 5. The fourth-order valence-electron chi connectivity index (χ4n) is 2.06. The quantitative estimate of drug-likeness (QED) is 0.757. The maximum Gasteiger partial charge on any atom is 0.318 e. The molecule has 0 spiro atoms. The van der Waals surface area contributed by atoms with Crippen molar-refractivity contribution in [2.75, 3.05) is 11.5 Å². The SMILES string of the molecule is CC(C(=O)O)(c1cccnc1N)c1cccnc1N. The maximum atomic E-state index is 11.8. The molecule has 0 unspecified atom stereocenters.